The van der Waals surface area contributed by atoms with E-state index in [1.807, 2.05) is 42.8 Å². The summed E-state index contributed by atoms with van der Waals surface area (Å²) in [7, 11) is 1.90. The topological polar surface area (TPSA) is 79.4 Å². The lowest BCUT2D eigenvalue weighted by molar-refractivity contribution is 0.920. The largest absolute Gasteiger partial charge is 0.367 e. The van der Waals surface area contributed by atoms with Crippen molar-refractivity contribution in [3.63, 3.8) is 0 Å². The Labute approximate surface area is 146 Å². The summed E-state index contributed by atoms with van der Waals surface area (Å²) in [4.78, 5) is 4.49. The second kappa shape index (κ2) is 6.97. The summed E-state index contributed by atoms with van der Waals surface area (Å²) in [5, 5.41) is 20.7. The van der Waals surface area contributed by atoms with Gasteiger partial charge < -0.3 is 9.88 Å². The highest BCUT2D eigenvalue weighted by Crippen LogP contribution is 2.33. The summed E-state index contributed by atoms with van der Waals surface area (Å²) in [6, 6.07) is 11.7. The van der Waals surface area contributed by atoms with Crippen LogP contribution in [0.5, 0.6) is 0 Å². The number of pyridine rings is 1. The van der Waals surface area contributed by atoms with Gasteiger partial charge in [-0.3, -0.25) is 0 Å². The van der Waals surface area contributed by atoms with Crippen molar-refractivity contribution in [2.45, 2.75) is 6.92 Å². The molecule has 0 bridgehead atoms. The van der Waals surface area contributed by atoms with Crippen LogP contribution < -0.4 is 5.32 Å². The van der Waals surface area contributed by atoms with Crippen molar-refractivity contribution in [2.75, 3.05) is 11.9 Å². The molecule has 6 heteroatoms. The molecule has 6 nitrogen and oxygen atoms in total. The van der Waals surface area contributed by atoms with E-state index in [9.17, 15) is 5.26 Å². The summed E-state index contributed by atoms with van der Waals surface area (Å²) in [6.45, 7) is 6.29. The summed E-state index contributed by atoms with van der Waals surface area (Å²) in [5.41, 5.74) is 4.28. The lowest BCUT2D eigenvalue weighted by atomic mass is 9.97. The van der Waals surface area contributed by atoms with Crippen LogP contribution in [-0.2, 0) is 7.05 Å². The van der Waals surface area contributed by atoms with Crippen LogP contribution in [0.25, 0.3) is 22.5 Å². The van der Waals surface area contributed by atoms with E-state index in [0.717, 1.165) is 34.0 Å². The number of rotatable bonds is 5. The van der Waals surface area contributed by atoms with Gasteiger partial charge in [0.05, 0.1) is 11.6 Å². The van der Waals surface area contributed by atoms with E-state index in [1.54, 1.807) is 18.5 Å². The van der Waals surface area contributed by atoms with Crippen LogP contribution >= 0.6 is 0 Å². The first-order chi connectivity index (χ1) is 12.1. The third-order valence-corrected chi connectivity index (χ3v) is 3.79. The Morgan fingerprint density at radius 1 is 1.28 bits per heavy atom. The summed E-state index contributed by atoms with van der Waals surface area (Å²) in [5.74, 6) is 1.51. The van der Waals surface area contributed by atoms with Crippen LogP contribution in [0.3, 0.4) is 0 Å². The highest BCUT2D eigenvalue weighted by atomic mass is 15.2. The third-order valence-electron chi connectivity index (χ3n) is 3.79. The number of aryl methyl sites for hydroxylation is 2. The van der Waals surface area contributed by atoms with E-state index < -0.39 is 0 Å². The maximum absolute atomic E-state index is 9.29. The van der Waals surface area contributed by atoms with Crippen molar-refractivity contribution in [2.24, 2.45) is 7.05 Å². The molecule has 0 aliphatic carbocycles. The van der Waals surface area contributed by atoms with Gasteiger partial charge in [0.2, 0.25) is 0 Å². The number of nitriles is 1. The molecule has 0 saturated carbocycles. The first kappa shape index (κ1) is 16.4. The van der Waals surface area contributed by atoms with E-state index in [-0.39, 0.29) is 0 Å². The Morgan fingerprint density at radius 2 is 2.12 bits per heavy atom. The number of nitrogens with zero attached hydrogens (tertiary/aromatic N) is 5. The van der Waals surface area contributed by atoms with Crippen LogP contribution in [0.15, 0.2) is 49.3 Å². The van der Waals surface area contributed by atoms with Gasteiger partial charge in [-0.15, -0.1) is 16.8 Å². The number of anilines is 1. The minimum Gasteiger partial charge on any atom is -0.367 e. The second-order valence-corrected chi connectivity index (χ2v) is 5.69. The van der Waals surface area contributed by atoms with Crippen LogP contribution in [0.1, 0.15) is 11.3 Å². The predicted molar refractivity (Wildman–Crippen MR) is 97.8 cm³/mol. The Kier molecular flexibility index (Phi) is 4.57. The monoisotopic (exact) mass is 330 g/mol. The van der Waals surface area contributed by atoms with Gasteiger partial charge in [0, 0.05) is 24.8 Å². The van der Waals surface area contributed by atoms with Crippen LogP contribution in [0.2, 0.25) is 0 Å². The SMILES string of the molecule is C=CCNc1cc(-c2cc(C#N)ccc2-c2nncn2C)cc(C)n1. The Bertz CT molecular complexity index is 964. The number of benzene rings is 1. The quantitative estimate of drug-likeness (QED) is 0.726. The molecule has 124 valence electrons. The standard InChI is InChI=1S/C19H18N6/c1-4-7-21-18-10-15(8-13(2)23-18)17-9-14(11-20)5-6-16(17)19-24-22-12-25(19)3/h4-6,8-10,12H,1,7H2,2-3H3,(H,21,23). The molecule has 0 saturated heterocycles. The molecule has 25 heavy (non-hydrogen) atoms. The third kappa shape index (κ3) is 3.40. The molecule has 0 unspecified atom stereocenters. The molecule has 0 aliphatic heterocycles. The zero-order valence-electron chi connectivity index (χ0n) is 14.2. The Hall–Kier alpha value is -3.46. The van der Waals surface area contributed by atoms with Crippen molar-refractivity contribution in [3.05, 3.63) is 60.6 Å². The van der Waals surface area contributed by atoms with Gasteiger partial charge in [0.15, 0.2) is 5.82 Å². The average Bonchev–Trinajstić information content (AvgIpc) is 3.04. The molecule has 0 radical (unpaired) electrons. The molecule has 2 aromatic heterocycles. The Balaban J connectivity index is 2.19. The molecule has 0 aliphatic rings. The van der Waals surface area contributed by atoms with Gasteiger partial charge in [-0.2, -0.15) is 5.26 Å². The summed E-state index contributed by atoms with van der Waals surface area (Å²) >= 11 is 0. The molecule has 1 aromatic carbocycles. The van der Waals surface area contributed by atoms with E-state index in [0.29, 0.717) is 12.1 Å². The fraction of sp³-hybridized carbons (Fsp3) is 0.158. The zero-order valence-corrected chi connectivity index (χ0v) is 14.2. The van der Waals surface area contributed by atoms with E-state index in [1.165, 1.54) is 0 Å². The van der Waals surface area contributed by atoms with E-state index in [2.05, 4.69) is 33.1 Å². The fourth-order valence-corrected chi connectivity index (χ4v) is 2.67. The maximum atomic E-state index is 9.29. The molecule has 2 heterocycles. The van der Waals surface area contributed by atoms with Gasteiger partial charge in [0.25, 0.3) is 0 Å². The van der Waals surface area contributed by atoms with Gasteiger partial charge >= 0.3 is 0 Å². The van der Waals surface area contributed by atoms with Gasteiger partial charge in [0.1, 0.15) is 12.1 Å². The number of nitrogens with one attached hydrogen (secondary N) is 1. The van der Waals surface area contributed by atoms with Gasteiger partial charge in [-0.05, 0) is 48.4 Å². The first-order valence-electron chi connectivity index (χ1n) is 7.84. The molecule has 0 amide bonds. The molecule has 0 fully saturated rings. The average molecular weight is 330 g/mol. The molecule has 1 N–H and O–H groups in total. The predicted octanol–water partition coefficient (Wildman–Crippen LogP) is 3.32. The Morgan fingerprint density at radius 3 is 2.80 bits per heavy atom. The zero-order chi connectivity index (χ0) is 17.8. The molecular formula is C19H18N6. The molecular weight excluding hydrogens is 312 g/mol. The smallest absolute Gasteiger partial charge is 0.164 e. The van der Waals surface area contributed by atoms with Crippen LogP contribution in [-0.4, -0.2) is 26.3 Å². The first-order valence-corrected chi connectivity index (χ1v) is 7.84. The lowest BCUT2D eigenvalue weighted by Gasteiger charge is -2.12. The summed E-state index contributed by atoms with van der Waals surface area (Å²) < 4.78 is 1.86. The van der Waals surface area contributed by atoms with E-state index in [4.69, 9.17) is 0 Å². The highest BCUT2D eigenvalue weighted by molar-refractivity contribution is 5.83. The molecule has 3 aromatic rings. The van der Waals surface area contributed by atoms with Crippen molar-refractivity contribution in [1.29, 1.82) is 5.26 Å². The minimum atomic E-state index is 0.594. The number of hydrogen-bond acceptors (Lipinski definition) is 5. The van der Waals surface area contributed by atoms with Crippen molar-refractivity contribution in [3.8, 4) is 28.6 Å². The van der Waals surface area contributed by atoms with Crippen molar-refractivity contribution < 1.29 is 0 Å². The second-order valence-electron chi connectivity index (χ2n) is 5.69. The normalized spacial score (nSPS) is 10.3. The molecule has 0 spiro atoms. The summed E-state index contributed by atoms with van der Waals surface area (Å²) in [6.07, 6.45) is 3.44. The van der Waals surface area contributed by atoms with Crippen molar-refractivity contribution >= 4 is 5.82 Å². The number of aromatic nitrogens is 4. The van der Waals surface area contributed by atoms with Crippen molar-refractivity contribution in [1.82, 2.24) is 19.7 Å². The van der Waals surface area contributed by atoms with Gasteiger partial charge in [-0.1, -0.05) is 6.08 Å². The highest BCUT2D eigenvalue weighted by Gasteiger charge is 2.14. The fourth-order valence-electron chi connectivity index (χ4n) is 2.67. The van der Waals surface area contributed by atoms with Crippen LogP contribution in [0.4, 0.5) is 5.82 Å². The van der Waals surface area contributed by atoms with Crippen LogP contribution in [0, 0.1) is 18.3 Å². The minimum absolute atomic E-state index is 0.594. The number of hydrogen-bond donors (Lipinski definition) is 1. The lowest BCUT2D eigenvalue weighted by Crippen LogP contribution is -2.02. The molecule has 3 rings (SSSR count). The van der Waals surface area contributed by atoms with Gasteiger partial charge in [-0.25, -0.2) is 4.98 Å². The van der Waals surface area contributed by atoms with E-state index >= 15 is 0 Å². The molecule has 0 atom stereocenters. The maximum Gasteiger partial charge on any atom is 0.164 e.